The van der Waals surface area contributed by atoms with E-state index in [9.17, 15) is 20.4 Å². The Hall–Kier alpha value is -1.45. The van der Waals surface area contributed by atoms with Gasteiger partial charge in [0.2, 0.25) is 0 Å². The minimum Gasteiger partial charge on any atom is -0.394 e. The third-order valence-electron chi connectivity index (χ3n) is 6.13. The van der Waals surface area contributed by atoms with Crippen molar-refractivity contribution in [2.75, 3.05) is 19.5 Å². The number of thioether (sulfide) groups is 1. The first-order valence-corrected chi connectivity index (χ1v) is 11.2. The van der Waals surface area contributed by atoms with Gasteiger partial charge < -0.3 is 29.9 Å². The summed E-state index contributed by atoms with van der Waals surface area (Å²) >= 11 is 1.75. The van der Waals surface area contributed by atoms with Gasteiger partial charge in [-0.15, -0.1) is 11.8 Å². The second-order valence-corrected chi connectivity index (χ2v) is 8.96. The zero-order valence-electron chi connectivity index (χ0n) is 16.8. The Morgan fingerprint density at radius 2 is 1.87 bits per heavy atom. The normalized spacial score (nSPS) is 32.4. The van der Waals surface area contributed by atoms with Crippen LogP contribution in [0.5, 0.6) is 0 Å². The lowest BCUT2D eigenvalue weighted by Gasteiger charge is -2.52. The van der Waals surface area contributed by atoms with Crippen molar-refractivity contribution in [3.05, 3.63) is 65.2 Å². The van der Waals surface area contributed by atoms with Crippen molar-refractivity contribution in [3.63, 3.8) is 0 Å². The highest BCUT2D eigenvalue weighted by molar-refractivity contribution is 7.99. The fourth-order valence-electron chi connectivity index (χ4n) is 4.72. The Labute approximate surface area is 180 Å². The highest BCUT2D eigenvalue weighted by atomic mass is 32.2. The first-order chi connectivity index (χ1) is 14.5. The fraction of sp³-hybridized carbons (Fsp3) is 0.478. The van der Waals surface area contributed by atoms with Crippen molar-refractivity contribution < 1.29 is 29.9 Å². The molecule has 162 valence electrons. The van der Waals surface area contributed by atoms with Gasteiger partial charge in [0, 0.05) is 12.0 Å². The number of ether oxygens (including phenoxy) is 2. The summed E-state index contributed by atoms with van der Waals surface area (Å²) in [6.45, 7) is -0.498. The van der Waals surface area contributed by atoms with Crippen LogP contribution in [0.4, 0.5) is 0 Å². The highest BCUT2D eigenvalue weighted by Gasteiger charge is 2.59. The SMILES string of the molecule is COC(c1ccccc1)C1(c2cccc3c2CCCS3)OC(CO)C(O)C(O)C1O. The standard InChI is InChI=1S/C23H28O6S/c1-28-22(14-7-3-2-4-8-14)23(21(27)20(26)19(25)17(13-24)29-23)16-10-5-11-18-15(16)9-6-12-30-18/h2-5,7-8,10-11,17,19-22,24-27H,6,9,12-13H2,1H3. The van der Waals surface area contributed by atoms with Crippen molar-refractivity contribution in [2.24, 2.45) is 0 Å². The molecule has 0 radical (unpaired) electrons. The topological polar surface area (TPSA) is 99.4 Å². The second-order valence-electron chi connectivity index (χ2n) is 7.82. The van der Waals surface area contributed by atoms with Gasteiger partial charge in [-0.3, -0.25) is 0 Å². The maximum Gasteiger partial charge on any atom is 0.153 e. The lowest BCUT2D eigenvalue weighted by Crippen LogP contribution is -2.65. The summed E-state index contributed by atoms with van der Waals surface area (Å²) in [6.07, 6.45) is -4.45. The molecule has 2 aliphatic rings. The number of hydrogen-bond donors (Lipinski definition) is 4. The van der Waals surface area contributed by atoms with Gasteiger partial charge in [-0.05, 0) is 41.4 Å². The van der Waals surface area contributed by atoms with Crippen LogP contribution in [0.2, 0.25) is 0 Å². The van der Waals surface area contributed by atoms with Crippen LogP contribution in [0.15, 0.2) is 53.4 Å². The minimum atomic E-state index is -1.51. The minimum absolute atomic E-state index is 0.498. The van der Waals surface area contributed by atoms with Crippen LogP contribution >= 0.6 is 11.8 Å². The molecule has 0 saturated carbocycles. The van der Waals surface area contributed by atoms with E-state index < -0.39 is 42.7 Å². The number of aliphatic hydroxyl groups excluding tert-OH is 4. The van der Waals surface area contributed by atoms with E-state index in [2.05, 4.69) is 0 Å². The van der Waals surface area contributed by atoms with Gasteiger partial charge in [0.1, 0.15) is 30.5 Å². The van der Waals surface area contributed by atoms with Crippen molar-refractivity contribution in [3.8, 4) is 0 Å². The van der Waals surface area contributed by atoms with E-state index in [0.717, 1.165) is 40.2 Å². The van der Waals surface area contributed by atoms with Crippen LogP contribution in [0.3, 0.4) is 0 Å². The first kappa shape index (κ1) is 21.8. The largest absolute Gasteiger partial charge is 0.394 e. The summed E-state index contributed by atoms with van der Waals surface area (Å²) in [7, 11) is 1.53. The van der Waals surface area contributed by atoms with Crippen LogP contribution in [-0.2, 0) is 21.5 Å². The first-order valence-electron chi connectivity index (χ1n) is 10.2. The predicted octanol–water partition coefficient (Wildman–Crippen LogP) is 1.78. The van der Waals surface area contributed by atoms with E-state index in [0.29, 0.717) is 0 Å². The molecule has 0 aromatic heterocycles. The Bertz CT molecular complexity index is 860. The maximum atomic E-state index is 11.4. The summed E-state index contributed by atoms with van der Waals surface area (Å²) in [6, 6.07) is 15.2. The van der Waals surface area contributed by atoms with Gasteiger partial charge in [-0.1, -0.05) is 42.5 Å². The molecule has 2 aliphatic heterocycles. The molecule has 0 amide bonds. The molecule has 0 spiro atoms. The van der Waals surface area contributed by atoms with E-state index in [4.69, 9.17) is 9.47 Å². The molecule has 0 aliphatic carbocycles. The van der Waals surface area contributed by atoms with E-state index in [1.807, 2.05) is 48.5 Å². The van der Waals surface area contributed by atoms with Crippen LogP contribution < -0.4 is 0 Å². The fourth-order valence-corrected chi connectivity index (χ4v) is 5.79. The summed E-state index contributed by atoms with van der Waals surface area (Å²) in [5, 5.41) is 42.5. The molecule has 2 aromatic carbocycles. The molecule has 30 heavy (non-hydrogen) atoms. The Morgan fingerprint density at radius 3 is 2.57 bits per heavy atom. The zero-order chi connectivity index (χ0) is 21.3. The molecule has 7 heteroatoms. The molecule has 6 atom stereocenters. The molecular weight excluding hydrogens is 404 g/mol. The number of aliphatic hydroxyl groups is 4. The predicted molar refractivity (Wildman–Crippen MR) is 113 cm³/mol. The molecule has 1 saturated heterocycles. The van der Waals surface area contributed by atoms with E-state index in [1.54, 1.807) is 11.8 Å². The van der Waals surface area contributed by atoms with Crippen molar-refractivity contribution in [1.29, 1.82) is 0 Å². The summed E-state index contributed by atoms with van der Waals surface area (Å²) < 4.78 is 12.2. The highest BCUT2D eigenvalue weighted by Crippen LogP contribution is 2.51. The van der Waals surface area contributed by atoms with Gasteiger partial charge in [0.15, 0.2) is 5.60 Å². The summed E-state index contributed by atoms with van der Waals surface area (Å²) in [4.78, 5) is 1.11. The van der Waals surface area contributed by atoms with Crippen molar-refractivity contribution in [2.45, 2.75) is 53.9 Å². The molecular formula is C23H28O6S. The van der Waals surface area contributed by atoms with Crippen LogP contribution in [0.1, 0.15) is 29.2 Å². The average Bonchev–Trinajstić information content (AvgIpc) is 2.80. The number of hydrogen-bond acceptors (Lipinski definition) is 7. The third kappa shape index (κ3) is 3.48. The van der Waals surface area contributed by atoms with Gasteiger partial charge >= 0.3 is 0 Å². The number of rotatable bonds is 5. The second kappa shape index (κ2) is 8.96. The lowest BCUT2D eigenvalue weighted by molar-refractivity contribution is -0.310. The Balaban J connectivity index is 1.96. The average molecular weight is 433 g/mol. The van der Waals surface area contributed by atoms with Crippen LogP contribution in [0, 0.1) is 0 Å². The monoisotopic (exact) mass is 432 g/mol. The molecule has 2 heterocycles. The molecule has 2 aromatic rings. The van der Waals surface area contributed by atoms with Gasteiger partial charge in [0.25, 0.3) is 0 Å². The zero-order valence-corrected chi connectivity index (χ0v) is 17.7. The molecule has 4 N–H and O–H groups in total. The van der Waals surface area contributed by atoms with Gasteiger partial charge in [-0.25, -0.2) is 0 Å². The molecule has 6 nitrogen and oxygen atoms in total. The smallest absolute Gasteiger partial charge is 0.153 e. The Morgan fingerprint density at radius 1 is 1.10 bits per heavy atom. The maximum absolute atomic E-state index is 11.4. The van der Waals surface area contributed by atoms with Gasteiger partial charge in [-0.2, -0.15) is 0 Å². The van der Waals surface area contributed by atoms with E-state index >= 15 is 0 Å². The number of benzene rings is 2. The van der Waals surface area contributed by atoms with Crippen LogP contribution in [-0.4, -0.2) is 64.3 Å². The van der Waals surface area contributed by atoms with Crippen molar-refractivity contribution in [1.82, 2.24) is 0 Å². The molecule has 4 rings (SSSR count). The quantitative estimate of drug-likeness (QED) is 0.572. The van der Waals surface area contributed by atoms with Gasteiger partial charge in [0.05, 0.1) is 6.61 Å². The molecule has 6 unspecified atom stereocenters. The van der Waals surface area contributed by atoms with Crippen molar-refractivity contribution >= 4 is 11.8 Å². The van der Waals surface area contributed by atoms with Crippen LogP contribution in [0.25, 0.3) is 0 Å². The number of fused-ring (bicyclic) bond motifs is 1. The van der Waals surface area contributed by atoms with E-state index in [1.165, 1.54) is 7.11 Å². The molecule has 1 fully saturated rings. The Kier molecular flexibility index (Phi) is 6.50. The lowest BCUT2D eigenvalue weighted by atomic mass is 9.72. The van der Waals surface area contributed by atoms with E-state index in [-0.39, 0.29) is 0 Å². The third-order valence-corrected chi connectivity index (χ3v) is 7.32. The summed E-state index contributed by atoms with van der Waals surface area (Å²) in [5.41, 5.74) is 1.03. The summed E-state index contributed by atoms with van der Waals surface area (Å²) in [5.74, 6) is 1.01. The number of methoxy groups -OCH3 is 1. The molecule has 0 bridgehead atoms.